The van der Waals surface area contributed by atoms with Crippen LogP contribution in [0.15, 0.2) is 34.4 Å². The topological polar surface area (TPSA) is 114 Å². The second-order valence-electron chi connectivity index (χ2n) is 6.65. The molecule has 0 saturated carbocycles. The number of nitrogens with zero attached hydrogens (tertiary/aromatic N) is 2. The van der Waals surface area contributed by atoms with Crippen molar-refractivity contribution < 1.29 is 23.5 Å². The second-order valence-corrected chi connectivity index (χ2v) is 7.55. The van der Waals surface area contributed by atoms with E-state index in [2.05, 4.69) is 15.6 Å². The van der Waals surface area contributed by atoms with Gasteiger partial charge in [0.2, 0.25) is 17.7 Å². The Labute approximate surface area is 172 Å². The number of ether oxygens (including phenoxy) is 1. The van der Waals surface area contributed by atoms with Crippen molar-refractivity contribution in [2.24, 2.45) is 0 Å². The number of nitrogens with one attached hydrogen (secondary N) is 2. The van der Waals surface area contributed by atoms with Crippen molar-refractivity contribution in [3.05, 3.63) is 35.7 Å². The van der Waals surface area contributed by atoms with Crippen molar-refractivity contribution in [1.29, 1.82) is 0 Å². The quantitative estimate of drug-likeness (QED) is 0.606. The monoisotopic (exact) mass is 420 g/mol. The lowest BCUT2D eigenvalue weighted by atomic mass is 10.2. The van der Waals surface area contributed by atoms with Gasteiger partial charge < -0.3 is 24.7 Å². The largest absolute Gasteiger partial charge is 0.467 e. The lowest BCUT2D eigenvalue weighted by molar-refractivity contribution is -0.137. The highest BCUT2D eigenvalue weighted by Gasteiger charge is 2.21. The number of furan rings is 1. The Balaban J connectivity index is 1.50. The van der Waals surface area contributed by atoms with Gasteiger partial charge in [0.1, 0.15) is 5.76 Å². The molecule has 3 rings (SSSR count). The van der Waals surface area contributed by atoms with Crippen molar-refractivity contribution in [2.75, 3.05) is 25.0 Å². The normalized spacial score (nSPS) is 15.8. The molecule has 1 atom stereocenters. The lowest BCUT2D eigenvalue weighted by Gasteiger charge is -2.21. The van der Waals surface area contributed by atoms with E-state index < -0.39 is 0 Å². The number of hydrogen-bond acceptors (Lipinski definition) is 7. The van der Waals surface area contributed by atoms with Crippen LogP contribution < -0.4 is 10.6 Å². The van der Waals surface area contributed by atoms with Crippen LogP contribution in [-0.2, 0) is 25.7 Å². The van der Waals surface area contributed by atoms with Crippen LogP contribution in [0.3, 0.4) is 0 Å². The second kappa shape index (κ2) is 10.7. The highest BCUT2D eigenvalue weighted by atomic mass is 32.1. The standard InChI is InChI=1S/C19H24N4O5S/c24-16(22-19-20-7-10-29-19)5-6-18(26)23(12-15-4-2-9-28-15)13-17(25)21-11-14-3-1-8-27-14/h2,4,7,9-10,14H,1,3,5-6,8,11-13H2,(H,21,25)(H,20,22,24). The zero-order chi connectivity index (χ0) is 20.5. The van der Waals surface area contributed by atoms with Gasteiger partial charge in [-0.05, 0) is 25.0 Å². The molecule has 9 nitrogen and oxygen atoms in total. The summed E-state index contributed by atoms with van der Waals surface area (Å²) in [6.45, 7) is 1.19. The molecule has 3 amide bonds. The highest BCUT2D eigenvalue weighted by molar-refractivity contribution is 7.13. The molecule has 0 aromatic carbocycles. The molecule has 0 radical (unpaired) electrons. The first kappa shape index (κ1) is 21.0. The summed E-state index contributed by atoms with van der Waals surface area (Å²) in [4.78, 5) is 42.3. The molecule has 29 heavy (non-hydrogen) atoms. The summed E-state index contributed by atoms with van der Waals surface area (Å²) >= 11 is 1.30. The molecule has 2 N–H and O–H groups in total. The fourth-order valence-electron chi connectivity index (χ4n) is 2.93. The van der Waals surface area contributed by atoms with Crippen LogP contribution in [0.4, 0.5) is 5.13 Å². The minimum atomic E-state index is -0.303. The number of carbonyl (C=O) groups excluding carboxylic acids is 3. The van der Waals surface area contributed by atoms with Gasteiger partial charge in [-0.25, -0.2) is 4.98 Å². The Bertz CT molecular complexity index is 788. The van der Waals surface area contributed by atoms with Crippen LogP contribution in [0.5, 0.6) is 0 Å². The first-order chi connectivity index (χ1) is 14.1. The number of rotatable bonds is 10. The van der Waals surface area contributed by atoms with E-state index in [4.69, 9.17) is 9.15 Å². The molecule has 1 fully saturated rings. The SMILES string of the molecule is O=C(CN(Cc1ccco1)C(=O)CCC(=O)Nc1nccs1)NCC1CCCO1. The van der Waals surface area contributed by atoms with Crippen molar-refractivity contribution in [3.63, 3.8) is 0 Å². The number of carbonyl (C=O) groups is 3. The Hall–Kier alpha value is -2.72. The van der Waals surface area contributed by atoms with Gasteiger partial charge in [0.05, 0.1) is 25.5 Å². The van der Waals surface area contributed by atoms with Crippen LogP contribution in [0.25, 0.3) is 0 Å². The predicted molar refractivity (Wildman–Crippen MR) is 106 cm³/mol. The van der Waals surface area contributed by atoms with Crippen molar-refractivity contribution in [1.82, 2.24) is 15.2 Å². The minimum absolute atomic E-state index is 0.00456. The fraction of sp³-hybridized carbons (Fsp3) is 0.474. The molecule has 0 spiro atoms. The highest BCUT2D eigenvalue weighted by Crippen LogP contribution is 2.13. The van der Waals surface area contributed by atoms with Crippen LogP contribution in [0, 0.1) is 0 Å². The smallest absolute Gasteiger partial charge is 0.239 e. The van der Waals surface area contributed by atoms with Gasteiger partial charge in [0.15, 0.2) is 5.13 Å². The van der Waals surface area contributed by atoms with E-state index in [-0.39, 0.29) is 49.8 Å². The molecule has 1 unspecified atom stereocenters. The van der Waals surface area contributed by atoms with Crippen LogP contribution in [0.2, 0.25) is 0 Å². The van der Waals surface area contributed by atoms with Crippen molar-refractivity contribution in [2.45, 2.75) is 38.3 Å². The molecule has 1 aliphatic rings. The van der Waals surface area contributed by atoms with Gasteiger partial charge >= 0.3 is 0 Å². The summed E-state index contributed by atoms with van der Waals surface area (Å²) in [7, 11) is 0. The number of aromatic nitrogens is 1. The molecule has 10 heteroatoms. The van der Waals surface area contributed by atoms with E-state index in [0.29, 0.717) is 24.0 Å². The summed E-state index contributed by atoms with van der Waals surface area (Å²) in [6, 6.07) is 3.46. The zero-order valence-corrected chi connectivity index (χ0v) is 16.8. The minimum Gasteiger partial charge on any atom is -0.467 e. The predicted octanol–water partition coefficient (Wildman–Crippen LogP) is 1.78. The summed E-state index contributed by atoms with van der Waals surface area (Å²) in [5.41, 5.74) is 0. The fourth-order valence-corrected chi connectivity index (χ4v) is 3.48. The molecule has 156 valence electrons. The molecule has 1 aliphatic heterocycles. The van der Waals surface area contributed by atoms with Crippen LogP contribution >= 0.6 is 11.3 Å². The van der Waals surface area contributed by atoms with Gasteiger partial charge in [-0.1, -0.05) is 0 Å². The van der Waals surface area contributed by atoms with Crippen LogP contribution in [-0.4, -0.2) is 53.4 Å². The maximum Gasteiger partial charge on any atom is 0.239 e. The zero-order valence-electron chi connectivity index (χ0n) is 16.0. The molecule has 2 aromatic heterocycles. The van der Waals surface area contributed by atoms with Gasteiger partial charge in [-0.2, -0.15) is 0 Å². The van der Waals surface area contributed by atoms with E-state index in [1.54, 1.807) is 23.7 Å². The summed E-state index contributed by atoms with van der Waals surface area (Å²) in [5.74, 6) is -0.304. The van der Waals surface area contributed by atoms with Gasteiger partial charge in [0.25, 0.3) is 0 Å². The Morgan fingerprint density at radius 1 is 1.28 bits per heavy atom. The first-order valence-electron chi connectivity index (χ1n) is 9.48. The average molecular weight is 420 g/mol. The number of amides is 3. The third-order valence-electron chi connectivity index (χ3n) is 4.41. The van der Waals surface area contributed by atoms with E-state index in [1.807, 2.05) is 0 Å². The number of hydrogen-bond donors (Lipinski definition) is 2. The molecular formula is C19H24N4O5S. The number of thiazole rings is 1. The molecular weight excluding hydrogens is 396 g/mol. The van der Waals surface area contributed by atoms with E-state index in [0.717, 1.165) is 12.8 Å². The van der Waals surface area contributed by atoms with Crippen molar-refractivity contribution in [3.8, 4) is 0 Å². The average Bonchev–Trinajstić information content (AvgIpc) is 3.47. The lowest BCUT2D eigenvalue weighted by Crippen LogP contribution is -2.42. The summed E-state index contributed by atoms with van der Waals surface area (Å²) < 4.78 is 10.8. The maximum absolute atomic E-state index is 12.7. The molecule has 0 aliphatic carbocycles. The first-order valence-corrected chi connectivity index (χ1v) is 10.4. The molecule has 1 saturated heterocycles. The molecule has 0 bridgehead atoms. The number of anilines is 1. The van der Waals surface area contributed by atoms with E-state index in [1.165, 1.54) is 22.5 Å². The molecule has 3 heterocycles. The van der Waals surface area contributed by atoms with Crippen molar-refractivity contribution >= 4 is 34.2 Å². The maximum atomic E-state index is 12.7. The Morgan fingerprint density at radius 3 is 2.86 bits per heavy atom. The van der Waals surface area contributed by atoms with Gasteiger partial charge in [-0.15, -0.1) is 11.3 Å². The van der Waals surface area contributed by atoms with Gasteiger partial charge in [0, 0.05) is 37.6 Å². The van der Waals surface area contributed by atoms with E-state index in [9.17, 15) is 14.4 Å². The Morgan fingerprint density at radius 2 is 2.17 bits per heavy atom. The Kier molecular flexibility index (Phi) is 7.77. The third-order valence-corrected chi connectivity index (χ3v) is 5.10. The van der Waals surface area contributed by atoms with Crippen LogP contribution in [0.1, 0.15) is 31.4 Å². The molecule has 2 aromatic rings. The summed E-state index contributed by atoms with van der Waals surface area (Å²) in [5, 5.41) is 7.69. The van der Waals surface area contributed by atoms with Gasteiger partial charge in [-0.3, -0.25) is 14.4 Å². The van der Waals surface area contributed by atoms with E-state index >= 15 is 0 Å². The summed E-state index contributed by atoms with van der Waals surface area (Å²) in [6.07, 6.45) is 5.03. The third kappa shape index (κ3) is 6.99.